The average Bonchev–Trinajstić information content (AvgIpc) is 2.82. The lowest BCUT2D eigenvalue weighted by Gasteiger charge is -2.02. The zero-order valence-electron chi connectivity index (χ0n) is 8.32. The Labute approximate surface area is 99.3 Å². The molecule has 0 bridgehead atoms. The smallest absolute Gasteiger partial charge is 0.337 e. The number of hydrogen-bond donors (Lipinski definition) is 2. The predicted octanol–water partition coefficient (Wildman–Crippen LogP) is 0.884. The van der Waals surface area contributed by atoms with Crippen LogP contribution in [0.15, 0.2) is 23.8 Å². The maximum Gasteiger partial charge on any atom is 0.337 e. The summed E-state index contributed by atoms with van der Waals surface area (Å²) in [5.41, 5.74) is 0.470. The zero-order valence-corrected chi connectivity index (χ0v) is 9.14. The second-order valence-electron chi connectivity index (χ2n) is 3.01. The number of carbonyl (C=O) groups excluding carboxylic acids is 1. The molecule has 0 unspecified atom stereocenters. The van der Waals surface area contributed by atoms with Crippen molar-refractivity contribution in [2.75, 3.05) is 5.32 Å². The van der Waals surface area contributed by atoms with Crippen molar-refractivity contribution in [2.45, 2.75) is 0 Å². The highest BCUT2D eigenvalue weighted by atomic mass is 32.1. The van der Waals surface area contributed by atoms with E-state index in [1.54, 1.807) is 0 Å². The van der Waals surface area contributed by atoms with Crippen LogP contribution in [-0.4, -0.2) is 31.6 Å². The van der Waals surface area contributed by atoms with E-state index < -0.39 is 11.9 Å². The van der Waals surface area contributed by atoms with Crippen LogP contribution in [0.3, 0.4) is 0 Å². The van der Waals surface area contributed by atoms with E-state index >= 15 is 0 Å². The van der Waals surface area contributed by atoms with Gasteiger partial charge in [0.15, 0.2) is 5.69 Å². The highest BCUT2D eigenvalue weighted by Gasteiger charge is 2.10. The number of pyridine rings is 1. The largest absolute Gasteiger partial charge is 0.478 e. The predicted molar refractivity (Wildman–Crippen MR) is 59.1 cm³/mol. The Morgan fingerprint density at radius 2 is 2.18 bits per heavy atom. The molecule has 0 aliphatic heterocycles. The van der Waals surface area contributed by atoms with Crippen molar-refractivity contribution in [3.05, 3.63) is 35.1 Å². The lowest BCUT2D eigenvalue weighted by atomic mass is 10.2. The number of hydrogen-bond acceptors (Lipinski definition) is 6. The lowest BCUT2D eigenvalue weighted by Crippen LogP contribution is -2.13. The van der Waals surface area contributed by atoms with Gasteiger partial charge in [0.1, 0.15) is 0 Å². The zero-order chi connectivity index (χ0) is 12.3. The molecule has 0 saturated carbocycles. The molecule has 7 nitrogen and oxygen atoms in total. The first-order chi connectivity index (χ1) is 8.16. The number of nitrogens with one attached hydrogen (secondary N) is 1. The van der Waals surface area contributed by atoms with Crippen LogP contribution in [0.5, 0.6) is 0 Å². The molecule has 0 saturated heterocycles. The van der Waals surface area contributed by atoms with Crippen LogP contribution in [0.1, 0.15) is 20.8 Å². The number of carbonyl (C=O) groups is 2. The van der Waals surface area contributed by atoms with Gasteiger partial charge in [-0.05, 0) is 17.6 Å². The monoisotopic (exact) mass is 250 g/mol. The quantitative estimate of drug-likeness (QED) is 0.837. The molecule has 0 fully saturated rings. The third-order valence-electron chi connectivity index (χ3n) is 1.84. The summed E-state index contributed by atoms with van der Waals surface area (Å²) in [4.78, 5) is 26.0. The minimum atomic E-state index is -1.11. The number of nitrogens with zero attached hydrogens (tertiary/aromatic N) is 3. The van der Waals surface area contributed by atoms with Crippen molar-refractivity contribution in [1.29, 1.82) is 0 Å². The molecule has 0 spiro atoms. The fourth-order valence-corrected chi connectivity index (χ4v) is 1.52. The van der Waals surface area contributed by atoms with E-state index in [4.69, 9.17) is 5.11 Å². The van der Waals surface area contributed by atoms with Crippen LogP contribution >= 0.6 is 11.5 Å². The summed E-state index contributed by atoms with van der Waals surface area (Å²) in [5, 5.41) is 16.3. The first kappa shape index (κ1) is 11.1. The molecule has 2 aromatic heterocycles. The average molecular weight is 250 g/mol. The highest BCUT2D eigenvalue weighted by Crippen LogP contribution is 2.10. The maximum absolute atomic E-state index is 11.6. The van der Waals surface area contributed by atoms with Crippen LogP contribution in [0, 0.1) is 0 Å². The van der Waals surface area contributed by atoms with E-state index in [9.17, 15) is 9.59 Å². The van der Waals surface area contributed by atoms with E-state index in [1.165, 1.54) is 23.8 Å². The van der Waals surface area contributed by atoms with Gasteiger partial charge in [0.2, 0.25) is 0 Å². The van der Waals surface area contributed by atoms with Gasteiger partial charge in [0, 0.05) is 11.6 Å². The van der Waals surface area contributed by atoms with Crippen molar-refractivity contribution in [2.24, 2.45) is 0 Å². The molecule has 0 radical (unpaired) electrons. The molecule has 8 heteroatoms. The van der Waals surface area contributed by atoms with Gasteiger partial charge in [-0.2, -0.15) is 0 Å². The van der Waals surface area contributed by atoms with Gasteiger partial charge >= 0.3 is 5.97 Å². The van der Waals surface area contributed by atoms with Gasteiger partial charge in [-0.3, -0.25) is 9.78 Å². The summed E-state index contributed by atoms with van der Waals surface area (Å²) in [6, 6.07) is 1.31. The van der Waals surface area contributed by atoms with E-state index in [1.807, 2.05) is 0 Å². The van der Waals surface area contributed by atoms with Crippen LogP contribution < -0.4 is 5.32 Å². The molecule has 2 rings (SSSR count). The molecule has 86 valence electrons. The molecular formula is C9H6N4O3S. The number of rotatable bonds is 3. The van der Waals surface area contributed by atoms with Gasteiger partial charge in [-0.1, -0.05) is 4.49 Å². The van der Waals surface area contributed by atoms with Crippen molar-refractivity contribution < 1.29 is 14.7 Å². The minimum absolute atomic E-state index is 0.000738. The van der Waals surface area contributed by atoms with Crippen molar-refractivity contribution >= 4 is 29.1 Å². The standard InChI is InChI=1S/C9H6N4O3S/c14-8(7-4-17-13-12-7)11-6-1-5(9(15)16)2-10-3-6/h1-4H,(H,11,14)(H,15,16). The number of aromatic nitrogens is 3. The van der Waals surface area contributed by atoms with E-state index in [0.29, 0.717) is 5.69 Å². The van der Waals surface area contributed by atoms with Crippen molar-refractivity contribution in [1.82, 2.24) is 14.6 Å². The van der Waals surface area contributed by atoms with E-state index in [2.05, 4.69) is 19.9 Å². The maximum atomic E-state index is 11.6. The fraction of sp³-hybridized carbons (Fsp3) is 0. The molecule has 2 N–H and O–H groups in total. The number of carboxylic acid groups (broad SMARTS) is 1. The molecular weight excluding hydrogens is 244 g/mol. The number of carboxylic acids is 1. The Morgan fingerprint density at radius 1 is 1.35 bits per heavy atom. The summed E-state index contributed by atoms with van der Waals surface area (Å²) in [6.45, 7) is 0. The third kappa shape index (κ3) is 2.61. The Kier molecular flexibility index (Phi) is 3.06. The summed E-state index contributed by atoms with van der Waals surface area (Å²) < 4.78 is 3.55. The van der Waals surface area contributed by atoms with Gasteiger partial charge in [-0.25, -0.2) is 4.79 Å². The summed E-state index contributed by atoms with van der Waals surface area (Å²) >= 11 is 1.05. The molecule has 0 aliphatic rings. The topological polar surface area (TPSA) is 105 Å². The van der Waals surface area contributed by atoms with Crippen LogP contribution in [0.2, 0.25) is 0 Å². The van der Waals surface area contributed by atoms with Crippen LogP contribution in [-0.2, 0) is 0 Å². The Morgan fingerprint density at radius 3 is 2.82 bits per heavy atom. The molecule has 0 aliphatic carbocycles. The first-order valence-electron chi connectivity index (χ1n) is 4.43. The highest BCUT2D eigenvalue weighted by molar-refractivity contribution is 7.03. The van der Waals surface area contributed by atoms with Crippen LogP contribution in [0.25, 0.3) is 0 Å². The Bertz CT molecular complexity index is 555. The molecule has 2 heterocycles. The Hall–Kier alpha value is -2.35. The molecule has 0 aromatic carbocycles. The molecule has 17 heavy (non-hydrogen) atoms. The minimum Gasteiger partial charge on any atom is -0.478 e. The SMILES string of the molecule is O=C(O)c1cncc(NC(=O)c2csnn2)c1. The number of anilines is 1. The second-order valence-corrected chi connectivity index (χ2v) is 3.62. The Balaban J connectivity index is 2.16. The van der Waals surface area contributed by atoms with E-state index in [-0.39, 0.29) is 11.3 Å². The van der Waals surface area contributed by atoms with Crippen LogP contribution in [0.4, 0.5) is 5.69 Å². The number of aromatic carboxylic acids is 1. The van der Waals surface area contributed by atoms with Gasteiger partial charge in [0.25, 0.3) is 5.91 Å². The van der Waals surface area contributed by atoms with Crippen molar-refractivity contribution in [3.63, 3.8) is 0 Å². The lowest BCUT2D eigenvalue weighted by molar-refractivity contribution is 0.0696. The summed E-state index contributed by atoms with van der Waals surface area (Å²) in [5.74, 6) is -1.56. The third-order valence-corrected chi connectivity index (χ3v) is 2.34. The fourth-order valence-electron chi connectivity index (χ4n) is 1.08. The van der Waals surface area contributed by atoms with Gasteiger partial charge < -0.3 is 10.4 Å². The van der Waals surface area contributed by atoms with Gasteiger partial charge in [-0.15, -0.1) is 5.10 Å². The van der Waals surface area contributed by atoms with E-state index in [0.717, 1.165) is 11.5 Å². The number of amides is 1. The second kappa shape index (κ2) is 4.66. The first-order valence-corrected chi connectivity index (χ1v) is 5.27. The van der Waals surface area contributed by atoms with Crippen molar-refractivity contribution in [3.8, 4) is 0 Å². The van der Waals surface area contributed by atoms with Gasteiger partial charge in [0.05, 0.1) is 17.4 Å². The normalized spacial score (nSPS) is 9.88. The molecule has 2 aromatic rings. The summed E-state index contributed by atoms with van der Waals surface area (Å²) in [6.07, 6.45) is 2.55. The summed E-state index contributed by atoms with van der Waals surface area (Å²) in [7, 11) is 0. The molecule has 1 amide bonds. The molecule has 0 atom stereocenters.